The Morgan fingerprint density at radius 2 is 1.68 bits per heavy atom. The number of ether oxygens (including phenoxy) is 1. The molecule has 2 N–H and O–H groups in total. The molecule has 7 heteroatoms. The molecule has 2 aromatic heterocycles. The molecule has 0 fully saturated rings. The molecule has 4 aromatic rings. The van der Waals surface area contributed by atoms with E-state index in [0.29, 0.717) is 16.7 Å². The number of para-hydroxylation sites is 2. The van der Waals surface area contributed by atoms with Crippen LogP contribution in [0.1, 0.15) is 26.5 Å². The van der Waals surface area contributed by atoms with E-state index in [-0.39, 0.29) is 12.4 Å². The normalized spacial score (nSPS) is 11.1. The molecule has 4 rings (SSSR count). The lowest BCUT2D eigenvalue weighted by Crippen LogP contribution is -2.41. The first-order chi connectivity index (χ1) is 13.6. The lowest BCUT2D eigenvalue weighted by atomic mass is 10.1. The Hall–Kier alpha value is -3.58. The predicted molar refractivity (Wildman–Crippen MR) is 105 cm³/mol. The first kappa shape index (κ1) is 17.8. The van der Waals surface area contributed by atoms with Crippen molar-refractivity contribution in [1.29, 1.82) is 0 Å². The number of carbonyl (C=O) groups excluding carboxylic acids is 2. The Kier molecular flexibility index (Phi) is 4.58. The number of nitrogens with zero attached hydrogens (tertiary/aromatic N) is 1. The van der Waals surface area contributed by atoms with Gasteiger partial charge in [-0.25, -0.2) is 0 Å². The van der Waals surface area contributed by atoms with Crippen molar-refractivity contribution < 1.29 is 18.7 Å². The molecule has 0 saturated carbocycles. The van der Waals surface area contributed by atoms with Gasteiger partial charge in [-0.05, 0) is 12.1 Å². The highest BCUT2D eigenvalue weighted by Crippen LogP contribution is 2.26. The lowest BCUT2D eigenvalue weighted by Gasteiger charge is -2.06. The average molecular weight is 377 g/mol. The lowest BCUT2D eigenvalue weighted by molar-refractivity contribution is 0.0829. The van der Waals surface area contributed by atoms with E-state index in [1.807, 2.05) is 54.1 Å². The van der Waals surface area contributed by atoms with Crippen molar-refractivity contribution >= 4 is 33.7 Å². The molecule has 142 valence electrons. The van der Waals surface area contributed by atoms with Crippen molar-refractivity contribution in [3.05, 3.63) is 71.6 Å². The van der Waals surface area contributed by atoms with Crippen LogP contribution in [0.5, 0.6) is 0 Å². The summed E-state index contributed by atoms with van der Waals surface area (Å²) in [6.07, 6.45) is 1.73. The zero-order valence-corrected chi connectivity index (χ0v) is 15.5. The standard InChI is InChI=1S/C21H19N3O4/c1-24-11-15(13-7-3-5-9-17(13)24)20(25)22-23-21(26)19-16(12-27-2)14-8-4-6-10-18(14)28-19/h3-11H,12H2,1-2H3,(H,22,25)(H,23,26). The van der Waals surface area contributed by atoms with E-state index in [0.717, 1.165) is 16.3 Å². The van der Waals surface area contributed by atoms with Gasteiger partial charge >= 0.3 is 5.91 Å². The molecule has 0 aliphatic rings. The summed E-state index contributed by atoms with van der Waals surface area (Å²) in [4.78, 5) is 25.2. The zero-order chi connectivity index (χ0) is 19.7. The highest BCUT2D eigenvalue weighted by atomic mass is 16.5. The topological polar surface area (TPSA) is 85.5 Å². The summed E-state index contributed by atoms with van der Waals surface area (Å²) in [5, 5.41) is 1.61. The number of carbonyl (C=O) groups is 2. The molecular formula is C21H19N3O4. The van der Waals surface area contributed by atoms with Crippen molar-refractivity contribution in [2.75, 3.05) is 7.11 Å². The number of amides is 2. The molecule has 7 nitrogen and oxygen atoms in total. The summed E-state index contributed by atoms with van der Waals surface area (Å²) >= 11 is 0. The smallest absolute Gasteiger partial charge is 0.305 e. The summed E-state index contributed by atoms with van der Waals surface area (Å²) in [5.41, 5.74) is 7.52. The minimum atomic E-state index is -0.545. The van der Waals surface area contributed by atoms with Gasteiger partial charge in [0.05, 0.1) is 12.2 Å². The predicted octanol–water partition coefficient (Wildman–Crippen LogP) is 3.15. The van der Waals surface area contributed by atoms with Gasteiger partial charge in [-0.1, -0.05) is 36.4 Å². The SMILES string of the molecule is COCc1c(C(=O)NNC(=O)c2cn(C)c3ccccc23)oc2ccccc12. The van der Waals surface area contributed by atoms with Crippen LogP contribution in [-0.2, 0) is 18.4 Å². The van der Waals surface area contributed by atoms with Gasteiger partial charge in [0, 0.05) is 42.2 Å². The maximum absolute atomic E-state index is 12.6. The van der Waals surface area contributed by atoms with Crippen molar-refractivity contribution in [3.8, 4) is 0 Å². The monoisotopic (exact) mass is 377 g/mol. The van der Waals surface area contributed by atoms with Gasteiger partial charge in [-0.3, -0.25) is 20.4 Å². The summed E-state index contributed by atoms with van der Waals surface area (Å²) in [6.45, 7) is 0.219. The molecule has 0 aliphatic heterocycles. The van der Waals surface area contributed by atoms with E-state index in [1.165, 1.54) is 0 Å². The maximum Gasteiger partial charge on any atom is 0.305 e. The van der Waals surface area contributed by atoms with Crippen LogP contribution in [0.2, 0.25) is 0 Å². The number of hydrazine groups is 1. The largest absolute Gasteiger partial charge is 0.450 e. The van der Waals surface area contributed by atoms with Crippen molar-refractivity contribution in [2.45, 2.75) is 6.61 Å². The van der Waals surface area contributed by atoms with Crippen LogP contribution in [-0.4, -0.2) is 23.5 Å². The Morgan fingerprint density at radius 1 is 1.00 bits per heavy atom. The third-order valence-corrected chi connectivity index (χ3v) is 4.62. The van der Waals surface area contributed by atoms with E-state index in [1.54, 1.807) is 19.4 Å². The Morgan fingerprint density at radius 3 is 2.46 bits per heavy atom. The van der Waals surface area contributed by atoms with E-state index >= 15 is 0 Å². The van der Waals surface area contributed by atoms with Gasteiger partial charge in [0.15, 0.2) is 5.76 Å². The maximum atomic E-state index is 12.6. The highest BCUT2D eigenvalue weighted by Gasteiger charge is 2.21. The Labute approximate surface area is 160 Å². The number of aryl methyl sites for hydroxylation is 1. The van der Waals surface area contributed by atoms with Gasteiger partial charge in [0.1, 0.15) is 5.58 Å². The first-order valence-corrected chi connectivity index (χ1v) is 8.74. The summed E-state index contributed by atoms with van der Waals surface area (Å²) in [7, 11) is 3.41. The van der Waals surface area contributed by atoms with E-state index < -0.39 is 11.8 Å². The minimum absolute atomic E-state index is 0.112. The third kappa shape index (κ3) is 3.01. The van der Waals surface area contributed by atoms with Crippen LogP contribution in [0, 0.1) is 0 Å². The molecule has 0 atom stereocenters. The van der Waals surface area contributed by atoms with E-state index in [9.17, 15) is 9.59 Å². The van der Waals surface area contributed by atoms with Crippen molar-refractivity contribution in [1.82, 2.24) is 15.4 Å². The van der Waals surface area contributed by atoms with Crippen LogP contribution in [0.25, 0.3) is 21.9 Å². The van der Waals surface area contributed by atoms with Gasteiger partial charge in [0.2, 0.25) is 0 Å². The number of fused-ring (bicyclic) bond motifs is 2. The molecule has 2 heterocycles. The van der Waals surface area contributed by atoms with Gasteiger partial charge in [-0.2, -0.15) is 0 Å². The summed E-state index contributed by atoms with van der Waals surface area (Å²) in [5.74, 6) is -0.840. The molecule has 0 saturated heterocycles. The van der Waals surface area contributed by atoms with Crippen LogP contribution < -0.4 is 10.9 Å². The Balaban J connectivity index is 1.57. The van der Waals surface area contributed by atoms with Crippen LogP contribution in [0.3, 0.4) is 0 Å². The fourth-order valence-electron chi connectivity index (χ4n) is 3.33. The first-order valence-electron chi connectivity index (χ1n) is 8.74. The second-order valence-electron chi connectivity index (χ2n) is 6.42. The van der Waals surface area contributed by atoms with E-state index in [2.05, 4.69) is 10.9 Å². The molecule has 2 aromatic carbocycles. The zero-order valence-electron chi connectivity index (χ0n) is 15.5. The highest BCUT2D eigenvalue weighted by molar-refractivity contribution is 6.08. The minimum Gasteiger partial charge on any atom is -0.450 e. The Bertz CT molecular complexity index is 1190. The number of furan rings is 1. The van der Waals surface area contributed by atoms with Crippen LogP contribution >= 0.6 is 0 Å². The number of nitrogens with one attached hydrogen (secondary N) is 2. The number of rotatable bonds is 4. The molecule has 0 unspecified atom stereocenters. The fourth-order valence-corrected chi connectivity index (χ4v) is 3.33. The van der Waals surface area contributed by atoms with Crippen molar-refractivity contribution in [2.24, 2.45) is 7.05 Å². The number of aromatic nitrogens is 1. The summed E-state index contributed by atoms with van der Waals surface area (Å²) < 4.78 is 12.7. The van der Waals surface area contributed by atoms with Gasteiger partial charge < -0.3 is 13.7 Å². The number of benzene rings is 2. The van der Waals surface area contributed by atoms with E-state index in [4.69, 9.17) is 9.15 Å². The molecule has 0 bridgehead atoms. The second-order valence-corrected chi connectivity index (χ2v) is 6.42. The number of hydrogen-bond donors (Lipinski definition) is 2. The third-order valence-electron chi connectivity index (χ3n) is 4.62. The average Bonchev–Trinajstić information content (AvgIpc) is 3.25. The molecule has 0 radical (unpaired) electrons. The van der Waals surface area contributed by atoms with Crippen LogP contribution in [0.4, 0.5) is 0 Å². The van der Waals surface area contributed by atoms with Crippen molar-refractivity contribution in [3.63, 3.8) is 0 Å². The second kappa shape index (κ2) is 7.21. The summed E-state index contributed by atoms with van der Waals surface area (Å²) in [6, 6.07) is 14.9. The molecular weight excluding hydrogens is 358 g/mol. The quantitative estimate of drug-likeness (QED) is 0.535. The number of hydrogen-bond acceptors (Lipinski definition) is 4. The fraction of sp³-hybridized carbons (Fsp3) is 0.143. The molecule has 0 spiro atoms. The van der Waals surface area contributed by atoms with Gasteiger partial charge in [-0.15, -0.1) is 0 Å². The van der Waals surface area contributed by atoms with Gasteiger partial charge in [0.25, 0.3) is 5.91 Å². The molecule has 0 aliphatic carbocycles. The number of methoxy groups -OCH3 is 1. The molecule has 28 heavy (non-hydrogen) atoms. The van der Waals surface area contributed by atoms with Crippen LogP contribution in [0.15, 0.2) is 59.1 Å². The molecule has 2 amide bonds.